The zero-order valence-electron chi connectivity index (χ0n) is 14.2. The van der Waals surface area contributed by atoms with E-state index < -0.39 is 58.4 Å². The highest BCUT2D eigenvalue weighted by molar-refractivity contribution is 5.79. The number of esters is 1. The van der Waals surface area contributed by atoms with Crippen LogP contribution in [-0.4, -0.2) is 17.0 Å². The van der Waals surface area contributed by atoms with Crippen molar-refractivity contribution in [3.63, 3.8) is 0 Å². The van der Waals surface area contributed by atoms with Crippen LogP contribution in [-0.2, 0) is 17.1 Å². The Hall–Kier alpha value is -3.05. The van der Waals surface area contributed by atoms with Crippen molar-refractivity contribution in [3.05, 3.63) is 47.5 Å². The molecule has 0 aliphatic carbocycles. The van der Waals surface area contributed by atoms with Gasteiger partial charge in [0.2, 0.25) is 0 Å². The molecule has 0 spiro atoms. The molecule has 0 unspecified atom stereocenters. The average molecular weight is 430 g/mol. The van der Waals surface area contributed by atoms with Crippen LogP contribution in [0.1, 0.15) is 18.1 Å². The highest BCUT2D eigenvalue weighted by atomic mass is 19.4. The molecule has 0 atom stereocenters. The van der Waals surface area contributed by atoms with E-state index in [2.05, 4.69) is 4.74 Å². The predicted octanol–water partition coefficient (Wildman–Crippen LogP) is 5.78. The number of phenols is 1. The van der Waals surface area contributed by atoms with Crippen LogP contribution in [0, 0.1) is 0 Å². The van der Waals surface area contributed by atoms with Crippen molar-refractivity contribution < 1.29 is 54.5 Å². The first-order valence-corrected chi connectivity index (χ1v) is 7.48. The molecule has 0 radical (unpaired) electrons. The Kier molecular flexibility index (Phi) is 5.68. The maximum Gasteiger partial charge on any atom is 0.420 e. The zero-order chi connectivity index (χ0) is 22.2. The molecule has 0 saturated carbocycles. The maximum atomic E-state index is 13.1. The molecule has 0 heterocycles. The van der Waals surface area contributed by atoms with Crippen molar-refractivity contribution >= 4 is 5.97 Å². The van der Waals surface area contributed by atoms with E-state index >= 15 is 0 Å². The molecule has 2 aromatic rings. The summed E-state index contributed by atoms with van der Waals surface area (Å²) in [5.74, 6) is -9.40. The average Bonchev–Trinajstić information content (AvgIpc) is 2.55. The molecule has 0 aromatic heterocycles. The van der Waals surface area contributed by atoms with Gasteiger partial charge in [-0.1, -0.05) is 0 Å². The second-order valence-electron chi connectivity index (χ2n) is 5.71. The van der Waals surface area contributed by atoms with Crippen molar-refractivity contribution in [1.29, 1.82) is 0 Å². The van der Waals surface area contributed by atoms with E-state index in [0.29, 0.717) is 0 Å². The van der Waals surface area contributed by atoms with E-state index in [1.54, 1.807) is 0 Å². The lowest BCUT2D eigenvalue weighted by Crippen LogP contribution is -2.29. The van der Waals surface area contributed by atoms with Gasteiger partial charge in [-0.3, -0.25) is 0 Å². The number of halogens is 8. The minimum Gasteiger partial charge on any atom is -0.507 e. The smallest absolute Gasteiger partial charge is 0.420 e. The number of phenolic OH excluding ortho intramolecular Hbond substituents is 1. The Bertz CT molecular complexity index is 896. The van der Waals surface area contributed by atoms with Crippen LogP contribution in [0.2, 0.25) is 0 Å². The third-order valence-electron chi connectivity index (χ3n) is 3.33. The monoisotopic (exact) mass is 430 g/mol. The van der Waals surface area contributed by atoms with Gasteiger partial charge < -0.3 is 14.6 Å². The number of hydrogen-bond acceptors (Lipinski definition) is 4. The van der Waals surface area contributed by atoms with Gasteiger partial charge in [0, 0.05) is 6.92 Å². The first kappa shape index (κ1) is 22.2. The topological polar surface area (TPSA) is 55.8 Å². The van der Waals surface area contributed by atoms with Crippen molar-refractivity contribution in [2.45, 2.75) is 25.2 Å². The highest BCUT2D eigenvalue weighted by Crippen LogP contribution is 2.45. The van der Waals surface area contributed by atoms with Gasteiger partial charge in [-0.2, -0.15) is 35.1 Å². The van der Waals surface area contributed by atoms with Crippen molar-refractivity contribution in [1.82, 2.24) is 0 Å². The molecule has 4 nitrogen and oxygen atoms in total. The van der Waals surface area contributed by atoms with E-state index in [9.17, 15) is 45.0 Å². The standard InChI is InChI=1S/C17H10F8O4/c1-15(18,19)14(27)29-9-4-2-8(3-5-9)28-13-7-10(16(20,21)22)12(26)6-11(13)17(23,24)25/h2-7,26H,1H3. The molecule has 0 amide bonds. The number of benzene rings is 2. The largest absolute Gasteiger partial charge is 0.507 e. The summed E-state index contributed by atoms with van der Waals surface area (Å²) in [6.07, 6.45) is -10.3. The number of carbonyl (C=O) groups excluding carboxylic acids is 1. The van der Waals surface area contributed by atoms with Gasteiger partial charge in [0.05, 0.1) is 0 Å². The normalized spacial score (nSPS) is 12.6. The molecule has 29 heavy (non-hydrogen) atoms. The highest BCUT2D eigenvalue weighted by Gasteiger charge is 2.40. The Morgan fingerprint density at radius 1 is 0.828 bits per heavy atom. The van der Waals surface area contributed by atoms with Crippen molar-refractivity contribution in [3.8, 4) is 23.0 Å². The molecular formula is C17H10F8O4. The van der Waals surface area contributed by atoms with Gasteiger partial charge in [-0.05, 0) is 36.4 Å². The Morgan fingerprint density at radius 2 is 1.31 bits per heavy atom. The predicted molar refractivity (Wildman–Crippen MR) is 80.9 cm³/mol. The summed E-state index contributed by atoms with van der Waals surface area (Å²) in [7, 11) is 0. The van der Waals surface area contributed by atoms with Crippen LogP contribution in [0.3, 0.4) is 0 Å². The third kappa shape index (κ3) is 5.48. The maximum absolute atomic E-state index is 13.1. The Morgan fingerprint density at radius 3 is 1.76 bits per heavy atom. The van der Waals surface area contributed by atoms with Gasteiger partial charge in [-0.15, -0.1) is 0 Å². The number of alkyl halides is 8. The summed E-state index contributed by atoms with van der Waals surface area (Å²) in [5, 5.41) is 9.28. The molecular weight excluding hydrogens is 420 g/mol. The molecule has 2 aromatic carbocycles. The minimum atomic E-state index is -5.16. The van der Waals surface area contributed by atoms with E-state index in [1.165, 1.54) is 0 Å². The van der Waals surface area contributed by atoms with E-state index in [-0.39, 0.29) is 19.1 Å². The first-order valence-electron chi connectivity index (χ1n) is 7.48. The van der Waals surface area contributed by atoms with Gasteiger partial charge in [0.25, 0.3) is 0 Å². The summed E-state index contributed by atoms with van der Waals surface area (Å²) in [4.78, 5) is 11.1. The quantitative estimate of drug-likeness (QED) is 0.380. The molecule has 0 fully saturated rings. The molecule has 12 heteroatoms. The lowest BCUT2D eigenvalue weighted by molar-refractivity contribution is -0.158. The number of rotatable bonds is 4. The van der Waals surface area contributed by atoms with Crippen LogP contribution < -0.4 is 9.47 Å². The van der Waals surface area contributed by atoms with Crippen LogP contribution in [0.15, 0.2) is 36.4 Å². The molecule has 0 bridgehead atoms. The molecule has 0 aliphatic heterocycles. The molecule has 2 rings (SSSR count). The van der Waals surface area contributed by atoms with Gasteiger partial charge in [0.15, 0.2) is 0 Å². The Labute approximate surface area is 157 Å². The summed E-state index contributed by atoms with van der Waals surface area (Å²) in [6, 6.07) is 3.39. The van der Waals surface area contributed by atoms with E-state index in [1.807, 2.05) is 0 Å². The lowest BCUT2D eigenvalue weighted by Gasteiger charge is -2.17. The third-order valence-corrected chi connectivity index (χ3v) is 3.33. The number of carbonyl (C=O) groups is 1. The van der Waals surface area contributed by atoms with Gasteiger partial charge >= 0.3 is 24.2 Å². The second-order valence-corrected chi connectivity index (χ2v) is 5.71. The van der Waals surface area contributed by atoms with Crippen LogP contribution in [0.25, 0.3) is 0 Å². The number of ether oxygens (including phenoxy) is 2. The van der Waals surface area contributed by atoms with Crippen LogP contribution >= 0.6 is 0 Å². The molecule has 1 N–H and O–H groups in total. The molecule has 158 valence electrons. The fourth-order valence-corrected chi connectivity index (χ4v) is 2.00. The molecule has 0 aliphatic rings. The lowest BCUT2D eigenvalue weighted by atomic mass is 10.1. The van der Waals surface area contributed by atoms with Crippen LogP contribution in [0.4, 0.5) is 35.1 Å². The summed E-state index contributed by atoms with van der Waals surface area (Å²) in [6.45, 7) is 0.286. The van der Waals surface area contributed by atoms with Gasteiger partial charge in [0.1, 0.15) is 34.1 Å². The summed E-state index contributed by atoms with van der Waals surface area (Å²) in [5.41, 5.74) is -3.43. The fraction of sp³-hybridized carbons (Fsp3) is 0.235. The SMILES string of the molecule is CC(F)(F)C(=O)Oc1ccc(Oc2cc(C(F)(F)F)c(O)cc2C(F)(F)F)cc1. The van der Waals surface area contributed by atoms with Crippen molar-refractivity contribution in [2.24, 2.45) is 0 Å². The van der Waals surface area contributed by atoms with E-state index in [4.69, 9.17) is 4.74 Å². The summed E-state index contributed by atoms with van der Waals surface area (Å²) < 4.78 is 113. The Balaban J connectivity index is 2.36. The summed E-state index contributed by atoms with van der Waals surface area (Å²) >= 11 is 0. The number of hydrogen-bond donors (Lipinski definition) is 1. The first-order chi connectivity index (χ1) is 13.1. The van der Waals surface area contributed by atoms with E-state index in [0.717, 1.165) is 24.3 Å². The minimum absolute atomic E-state index is 0.0241. The van der Waals surface area contributed by atoms with Crippen LogP contribution in [0.5, 0.6) is 23.0 Å². The van der Waals surface area contributed by atoms with Crippen molar-refractivity contribution in [2.75, 3.05) is 0 Å². The molecule has 0 saturated heterocycles. The second kappa shape index (κ2) is 7.41. The zero-order valence-corrected chi connectivity index (χ0v) is 14.2. The fourth-order valence-electron chi connectivity index (χ4n) is 2.00. The number of aromatic hydroxyl groups is 1. The van der Waals surface area contributed by atoms with Gasteiger partial charge in [-0.25, -0.2) is 4.79 Å².